The van der Waals surface area contributed by atoms with Crippen LogP contribution in [0.4, 0.5) is 0 Å². The second-order valence-corrected chi connectivity index (χ2v) is 4.17. The minimum absolute atomic E-state index is 0.129. The molecule has 0 atom stereocenters. The lowest BCUT2D eigenvalue weighted by Crippen LogP contribution is -2.03. The largest absolute Gasteiger partial charge is 0.464 e. The number of benzene rings is 1. The van der Waals surface area contributed by atoms with E-state index in [1.54, 1.807) is 0 Å². The number of carbonyl (C=O) groups is 1. The molecule has 2 heterocycles. The average molecular weight is 285 g/mol. The van der Waals surface area contributed by atoms with Crippen molar-refractivity contribution >= 4 is 5.97 Å². The van der Waals surface area contributed by atoms with E-state index in [4.69, 9.17) is 4.52 Å². The highest BCUT2D eigenvalue weighted by atomic mass is 16.5. The number of carbonyl (C=O) groups excluding carboxylic acids is 1. The van der Waals surface area contributed by atoms with E-state index in [9.17, 15) is 4.79 Å². The van der Waals surface area contributed by atoms with Gasteiger partial charge in [-0.25, -0.2) is 9.48 Å². The van der Waals surface area contributed by atoms with Gasteiger partial charge < -0.3 is 9.26 Å². The highest BCUT2D eigenvalue weighted by Gasteiger charge is 2.13. The van der Waals surface area contributed by atoms with Crippen molar-refractivity contribution in [1.29, 1.82) is 0 Å². The molecule has 0 saturated heterocycles. The number of aromatic nitrogens is 5. The Balaban J connectivity index is 1.76. The first-order valence-electron chi connectivity index (χ1n) is 6.12. The molecule has 1 aromatic carbocycles. The van der Waals surface area contributed by atoms with Crippen LogP contribution in [0.25, 0.3) is 11.5 Å². The minimum Gasteiger partial charge on any atom is -0.464 e. The zero-order valence-corrected chi connectivity index (χ0v) is 11.1. The van der Waals surface area contributed by atoms with Crippen LogP contribution in [0.2, 0.25) is 0 Å². The molecule has 0 fully saturated rings. The van der Waals surface area contributed by atoms with Crippen molar-refractivity contribution in [2.45, 2.75) is 6.54 Å². The fourth-order valence-electron chi connectivity index (χ4n) is 1.73. The first kappa shape index (κ1) is 13.0. The Morgan fingerprint density at radius 3 is 2.90 bits per heavy atom. The van der Waals surface area contributed by atoms with Crippen LogP contribution >= 0.6 is 0 Å². The van der Waals surface area contributed by atoms with Crippen molar-refractivity contribution in [3.8, 4) is 11.5 Å². The highest BCUT2D eigenvalue weighted by Crippen LogP contribution is 2.16. The summed E-state index contributed by atoms with van der Waals surface area (Å²) in [6.45, 7) is 0.250. The van der Waals surface area contributed by atoms with Crippen LogP contribution < -0.4 is 0 Å². The van der Waals surface area contributed by atoms with Gasteiger partial charge in [-0.2, -0.15) is 4.98 Å². The predicted molar refractivity (Wildman–Crippen MR) is 70.2 cm³/mol. The van der Waals surface area contributed by atoms with Crippen molar-refractivity contribution < 1.29 is 14.1 Å². The first-order valence-corrected chi connectivity index (χ1v) is 6.12. The van der Waals surface area contributed by atoms with Gasteiger partial charge in [-0.15, -0.1) is 5.10 Å². The van der Waals surface area contributed by atoms with Gasteiger partial charge in [-0.05, 0) is 12.1 Å². The lowest BCUT2D eigenvalue weighted by molar-refractivity contribution is 0.0594. The normalized spacial score (nSPS) is 10.5. The zero-order valence-electron chi connectivity index (χ0n) is 11.1. The molecule has 0 amide bonds. The van der Waals surface area contributed by atoms with Crippen molar-refractivity contribution in [2.24, 2.45) is 0 Å². The maximum Gasteiger partial charge on any atom is 0.360 e. The smallest absolute Gasteiger partial charge is 0.360 e. The molecular formula is C13H11N5O3. The summed E-state index contributed by atoms with van der Waals surface area (Å²) in [6.07, 6.45) is 1.46. The van der Waals surface area contributed by atoms with Gasteiger partial charge in [0.15, 0.2) is 11.5 Å². The van der Waals surface area contributed by atoms with E-state index < -0.39 is 5.97 Å². The Bertz CT molecular complexity index is 750. The molecular weight excluding hydrogens is 274 g/mol. The maximum absolute atomic E-state index is 11.3. The maximum atomic E-state index is 11.3. The Hall–Kier alpha value is -3.03. The third-order valence-electron chi connectivity index (χ3n) is 2.73. The molecule has 0 bridgehead atoms. The van der Waals surface area contributed by atoms with Crippen LogP contribution in [0.5, 0.6) is 0 Å². The fourth-order valence-corrected chi connectivity index (χ4v) is 1.73. The number of ether oxygens (including phenoxy) is 1. The number of hydrogen-bond acceptors (Lipinski definition) is 7. The molecule has 0 aliphatic rings. The number of methoxy groups -OCH3 is 1. The average Bonchev–Trinajstić information content (AvgIpc) is 3.17. The second-order valence-electron chi connectivity index (χ2n) is 4.17. The van der Waals surface area contributed by atoms with E-state index in [-0.39, 0.29) is 12.2 Å². The molecule has 3 aromatic rings. The molecule has 21 heavy (non-hydrogen) atoms. The van der Waals surface area contributed by atoms with Crippen molar-refractivity contribution in [2.75, 3.05) is 7.11 Å². The number of esters is 1. The fraction of sp³-hybridized carbons (Fsp3) is 0.154. The second kappa shape index (κ2) is 5.53. The number of hydrogen-bond donors (Lipinski definition) is 0. The Morgan fingerprint density at radius 1 is 1.33 bits per heavy atom. The lowest BCUT2D eigenvalue weighted by atomic mass is 10.2. The molecule has 8 heteroatoms. The molecule has 0 aliphatic heterocycles. The van der Waals surface area contributed by atoms with Gasteiger partial charge in [0.1, 0.15) is 6.54 Å². The Labute approximate surface area is 119 Å². The SMILES string of the molecule is COC(=O)c1cn(Cc2noc(-c3ccccc3)n2)nn1. The summed E-state index contributed by atoms with van der Waals surface area (Å²) in [5, 5.41) is 11.4. The predicted octanol–water partition coefficient (Wildman–Crippen LogP) is 1.16. The third-order valence-corrected chi connectivity index (χ3v) is 2.73. The molecule has 0 saturated carbocycles. The molecule has 2 aromatic heterocycles. The Morgan fingerprint density at radius 2 is 2.14 bits per heavy atom. The van der Waals surface area contributed by atoms with Crippen LogP contribution in [0, 0.1) is 0 Å². The third kappa shape index (κ3) is 2.78. The van der Waals surface area contributed by atoms with Crippen LogP contribution in [-0.2, 0) is 11.3 Å². The Kier molecular flexibility index (Phi) is 3.42. The van der Waals surface area contributed by atoms with Gasteiger partial charge >= 0.3 is 5.97 Å². The summed E-state index contributed by atoms with van der Waals surface area (Å²) in [5.74, 6) is 0.327. The summed E-state index contributed by atoms with van der Waals surface area (Å²) >= 11 is 0. The summed E-state index contributed by atoms with van der Waals surface area (Å²) in [4.78, 5) is 15.5. The molecule has 0 spiro atoms. The number of rotatable bonds is 4. The van der Waals surface area contributed by atoms with Gasteiger partial charge in [-0.1, -0.05) is 28.6 Å². The summed E-state index contributed by atoms with van der Waals surface area (Å²) in [7, 11) is 1.28. The highest BCUT2D eigenvalue weighted by molar-refractivity contribution is 5.86. The van der Waals surface area contributed by atoms with E-state index in [0.29, 0.717) is 11.7 Å². The van der Waals surface area contributed by atoms with Crippen LogP contribution in [0.1, 0.15) is 16.3 Å². The monoisotopic (exact) mass is 285 g/mol. The van der Waals surface area contributed by atoms with Crippen LogP contribution in [-0.4, -0.2) is 38.2 Å². The van der Waals surface area contributed by atoms with Gasteiger partial charge in [0.05, 0.1) is 13.3 Å². The van der Waals surface area contributed by atoms with E-state index in [0.717, 1.165) is 5.56 Å². The number of nitrogens with zero attached hydrogens (tertiary/aromatic N) is 5. The molecule has 3 rings (SSSR count). The standard InChI is InChI=1S/C13H11N5O3/c1-20-13(19)10-7-18(17-15-10)8-11-14-12(21-16-11)9-5-3-2-4-6-9/h2-7H,8H2,1H3. The van der Waals surface area contributed by atoms with Gasteiger partial charge in [0.2, 0.25) is 0 Å². The lowest BCUT2D eigenvalue weighted by Gasteiger charge is -1.93. The van der Waals surface area contributed by atoms with E-state index >= 15 is 0 Å². The van der Waals surface area contributed by atoms with Gasteiger partial charge in [-0.3, -0.25) is 0 Å². The van der Waals surface area contributed by atoms with Gasteiger partial charge in [0, 0.05) is 5.56 Å². The topological polar surface area (TPSA) is 95.9 Å². The molecule has 0 unspecified atom stereocenters. The van der Waals surface area contributed by atoms with E-state index in [1.807, 2.05) is 30.3 Å². The quantitative estimate of drug-likeness (QED) is 0.663. The zero-order chi connectivity index (χ0) is 14.7. The molecule has 0 aliphatic carbocycles. The molecule has 8 nitrogen and oxygen atoms in total. The van der Waals surface area contributed by atoms with Crippen molar-refractivity contribution in [3.63, 3.8) is 0 Å². The van der Waals surface area contributed by atoms with Crippen LogP contribution in [0.15, 0.2) is 41.1 Å². The minimum atomic E-state index is -0.542. The molecule has 0 N–H and O–H groups in total. The molecule has 106 valence electrons. The summed E-state index contributed by atoms with van der Waals surface area (Å²) < 4.78 is 11.2. The van der Waals surface area contributed by atoms with E-state index in [1.165, 1.54) is 18.0 Å². The van der Waals surface area contributed by atoms with Crippen molar-refractivity contribution in [3.05, 3.63) is 48.0 Å². The van der Waals surface area contributed by atoms with Crippen molar-refractivity contribution in [1.82, 2.24) is 25.1 Å². The van der Waals surface area contributed by atoms with Crippen LogP contribution in [0.3, 0.4) is 0 Å². The van der Waals surface area contributed by atoms with E-state index in [2.05, 4.69) is 25.2 Å². The molecule has 0 radical (unpaired) electrons. The first-order chi connectivity index (χ1) is 10.3. The van der Waals surface area contributed by atoms with Gasteiger partial charge in [0.25, 0.3) is 5.89 Å². The summed E-state index contributed by atoms with van der Waals surface area (Å²) in [6, 6.07) is 9.44. The summed E-state index contributed by atoms with van der Waals surface area (Å²) in [5.41, 5.74) is 0.967.